The van der Waals surface area contributed by atoms with Gasteiger partial charge in [0.25, 0.3) is 0 Å². The lowest BCUT2D eigenvalue weighted by molar-refractivity contribution is 0.394. The van der Waals surface area contributed by atoms with Crippen LogP contribution in [-0.2, 0) is 0 Å². The fourth-order valence-corrected chi connectivity index (χ4v) is 3.76. The van der Waals surface area contributed by atoms with Crippen LogP contribution in [0.15, 0.2) is 30.3 Å². The fourth-order valence-electron chi connectivity index (χ4n) is 2.77. The van der Waals surface area contributed by atoms with E-state index in [-0.39, 0.29) is 5.92 Å². The Balaban J connectivity index is 1.74. The van der Waals surface area contributed by atoms with E-state index >= 15 is 0 Å². The van der Waals surface area contributed by atoms with Crippen molar-refractivity contribution in [1.82, 2.24) is 19.8 Å². The first-order valence-corrected chi connectivity index (χ1v) is 8.15. The number of hydrogen-bond donors (Lipinski definition) is 1. The third-order valence-corrected chi connectivity index (χ3v) is 5.25. The molecule has 0 bridgehead atoms. The summed E-state index contributed by atoms with van der Waals surface area (Å²) in [5.41, 5.74) is 7.19. The third kappa shape index (κ3) is 2.15. The second kappa shape index (κ2) is 5.20. The van der Waals surface area contributed by atoms with E-state index in [9.17, 15) is 0 Å². The van der Waals surface area contributed by atoms with Crippen LogP contribution in [0, 0.1) is 0 Å². The van der Waals surface area contributed by atoms with Crippen molar-refractivity contribution in [3.8, 4) is 0 Å². The molecule has 0 spiro atoms. The zero-order valence-electron chi connectivity index (χ0n) is 11.6. The maximum absolute atomic E-state index is 5.98. The summed E-state index contributed by atoms with van der Waals surface area (Å²) >= 11 is 1.60. The van der Waals surface area contributed by atoms with E-state index in [4.69, 9.17) is 10.8 Å². The van der Waals surface area contributed by atoms with Gasteiger partial charge in [-0.1, -0.05) is 48.1 Å². The summed E-state index contributed by atoms with van der Waals surface area (Å²) in [6.45, 7) is 0.548. The van der Waals surface area contributed by atoms with Gasteiger partial charge in [-0.2, -0.15) is 9.61 Å². The highest BCUT2D eigenvalue weighted by Crippen LogP contribution is 2.36. The maximum atomic E-state index is 5.98. The lowest BCUT2D eigenvalue weighted by Gasteiger charge is -2.22. The first kappa shape index (κ1) is 12.9. The molecule has 4 rings (SSSR count). The van der Waals surface area contributed by atoms with Gasteiger partial charge in [-0.15, -0.1) is 10.2 Å². The molecule has 6 heteroatoms. The largest absolute Gasteiger partial charge is 0.329 e. The van der Waals surface area contributed by atoms with E-state index in [0.717, 1.165) is 15.8 Å². The summed E-state index contributed by atoms with van der Waals surface area (Å²) in [5.74, 6) is 1.68. The molecule has 1 aliphatic rings. The van der Waals surface area contributed by atoms with Crippen molar-refractivity contribution in [3.05, 3.63) is 46.7 Å². The molecule has 0 saturated heterocycles. The van der Waals surface area contributed by atoms with E-state index < -0.39 is 0 Å². The summed E-state index contributed by atoms with van der Waals surface area (Å²) in [6, 6.07) is 10.3. The molecule has 2 aromatic heterocycles. The fraction of sp³-hybridized carbons (Fsp3) is 0.400. The zero-order valence-corrected chi connectivity index (χ0v) is 12.5. The van der Waals surface area contributed by atoms with Crippen LogP contribution >= 0.6 is 11.3 Å². The van der Waals surface area contributed by atoms with Crippen LogP contribution in [0.3, 0.4) is 0 Å². The molecule has 1 saturated carbocycles. The number of rotatable bonds is 4. The van der Waals surface area contributed by atoms with E-state index in [2.05, 4.69) is 22.3 Å². The van der Waals surface area contributed by atoms with E-state index in [1.807, 2.05) is 22.7 Å². The normalized spacial score (nSPS) is 17.0. The lowest BCUT2D eigenvalue weighted by atomic mass is 9.85. The zero-order chi connectivity index (χ0) is 14.2. The molecule has 1 fully saturated rings. The molecule has 21 heavy (non-hydrogen) atoms. The minimum atomic E-state index is 0.132. The van der Waals surface area contributed by atoms with Crippen molar-refractivity contribution in [2.75, 3.05) is 6.54 Å². The molecular formula is C15H17N5S. The van der Waals surface area contributed by atoms with Gasteiger partial charge in [-0.05, 0) is 18.4 Å². The number of hydrogen-bond acceptors (Lipinski definition) is 5. The summed E-state index contributed by atoms with van der Waals surface area (Å²) in [6.07, 6.45) is 3.69. The molecule has 2 heterocycles. The highest BCUT2D eigenvalue weighted by atomic mass is 32.1. The standard InChI is InChI=1S/C15H17N5S/c16-9-12(10-5-2-1-3-6-10)14-19-20-13(11-7-4-8-11)17-18-15(20)21-14/h1-3,5-6,11-12H,4,7-9,16H2. The second-order valence-electron chi connectivity index (χ2n) is 5.52. The van der Waals surface area contributed by atoms with Gasteiger partial charge in [0.1, 0.15) is 5.01 Å². The third-order valence-electron chi connectivity index (χ3n) is 4.24. The van der Waals surface area contributed by atoms with Gasteiger partial charge in [-0.3, -0.25) is 0 Å². The second-order valence-corrected chi connectivity index (χ2v) is 6.51. The Hall–Kier alpha value is -1.79. The topological polar surface area (TPSA) is 69.1 Å². The summed E-state index contributed by atoms with van der Waals surface area (Å²) in [4.78, 5) is 0.876. The number of nitrogens with two attached hydrogens (primary N) is 1. The summed E-state index contributed by atoms with van der Waals surface area (Å²) < 4.78 is 1.93. The van der Waals surface area contributed by atoms with Crippen molar-refractivity contribution in [2.45, 2.75) is 31.1 Å². The van der Waals surface area contributed by atoms with Crippen LogP contribution in [0.5, 0.6) is 0 Å². The maximum Gasteiger partial charge on any atom is 0.234 e. The average molecular weight is 299 g/mol. The molecule has 0 radical (unpaired) electrons. The van der Waals surface area contributed by atoms with Crippen LogP contribution in [0.1, 0.15) is 47.5 Å². The van der Waals surface area contributed by atoms with Gasteiger partial charge < -0.3 is 5.73 Å². The Morgan fingerprint density at radius 2 is 2.05 bits per heavy atom. The molecule has 0 aliphatic heterocycles. The quantitative estimate of drug-likeness (QED) is 0.804. The van der Waals surface area contributed by atoms with Gasteiger partial charge in [0.2, 0.25) is 4.96 Å². The molecule has 1 aromatic carbocycles. The smallest absolute Gasteiger partial charge is 0.234 e. The predicted octanol–water partition coefficient (Wildman–Crippen LogP) is 2.54. The van der Waals surface area contributed by atoms with Gasteiger partial charge in [-0.25, -0.2) is 0 Å². The number of aromatic nitrogens is 4. The van der Waals surface area contributed by atoms with Crippen LogP contribution in [0.4, 0.5) is 0 Å². The molecular weight excluding hydrogens is 282 g/mol. The Labute approximate surface area is 126 Å². The SMILES string of the molecule is NCC(c1ccccc1)c1nn2c(C3CCC3)nnc2s1. The molecule has 108 valence electrons. The van der Waals surface area contributed by atoms with Crippen LogP contribution in [0.2, 0.25) is 0 Å². The van der Waals surface area contributed by atoms with E-state index in [0.29, 0.717) is 12.5 Å². The van der Waals surface area contributed by atoms with Gasteiger partial charge >= 0.3 is 0 Å². The Morgan fingerprint density at radius 3 is 2.71 bits per heavy atom. The first-order chi connectivity index (χ1) is 10.4. The van der Waals surface area contributed by atoms with Gasteiger partial charge in [0.15, 0.2) is 5.82 Å². The van der Waals surface area contributed by atoms with E-state index in [1.165, 1.54) is 24.8 Å². The Morgan fingerprint density at radius 1 is 1.24 bits per heavy atom. The Kier molecular flexibility index (Phi) is 3.20. The monoisotopic (exact) mass is 299 g/mol. The minimum absolute atomic E-state index is 0.132. The molecule has 3 aromatic rings. The van der Waals surface area contributed by atoms with Crippen molar-refractivity contribution < 1.29 is 0 Å². The van der Waals surface area contributed by atoms with Crippen LogP contribution < -0.4 is 5.73 Å². The van der Waals surface area contributed by atoms with Crippen molar-refractivity contribution in [3.63, 3.8) is 0 Å². The van der Waals surface area contributed by atoms with Crippen LogP contribution in [-0.4, -0.2) is 26.4 Å². The molecule has 5 nitrogen and oxygen atoms in total. The first-order valence-electron chi connectivity index (χ1n) is 7.34. The highest BCUT2D eigenvalue weighted by molar-refractivity contribution is 7.16. The van der Waals surface area contributed by atoms with Gasteiger partial charge in [0, 0.05) is 12.5 Å². The average Bonchev–Trinajstić information content (AvgIpc) is 3.01. The van der Waals surface area contributed by atoms with Crippen molar-refractivity contribution >= 4 is 16.3 Å². The Bertz CT molecular complexity index is 744. The number of fused-ring (bicyclic) bond motifs is 1. The van der Waals surface area contributed by atoms with Gasteiger partial charge in [0.05, 0.1) is 5.92 Å². The highest BCUT2D eigenvalue weighted by Gasteiger charge is 2.27. The predicted molar refractivity (Wildman–Crippen MR) is 82.6 cm³/mol. The molecule has 0 amide bonds. The molecule has 2 N–H and O–H groups in total. The minimum Gasteiger partial charge on any atom is -0.329 e. The van der Waals surface area contributed by atoms with Crippen molar-refractivity contribution in [1.29, 1.82) is 0 Å². The molecule has 1 unspecified atom stereocenters. The van der Waals surface area contributed by atoms with E-state index in [1.54, 1.807) is 11.3 Å². The number of nitrogens with zero attached hydrogens (tertiary/aromatic N) is 4. The van der Waals surface area contributed by atoms with Crippen molar-refractivity contribution in [2.24, 2.45) is 5.73 Å². The lowest BCUT2D eigenvalue weighted by Crippen LogP contribution is -2.15. The summed E-state index contributed by atoms with van der Waals surface area (Å²) in [7, 11) is 0. The molecule has 1 aliphatic carbocycles. The summed E-state index contributed by atoms with van der Waals surface area (Å²) in [5, 5.41) is 14.4. The van der Waals surface area contributed by atoms with Crippen LogP contribution in [0.25, 0.3) is 4.96 Å². The number of benzene rings is 1. The molecule has 1 atom stereocenters.